The SMILES string of the molecule is CCC[N+]12CCC(c3ccccc3)(CC1)CC2(Cc1cc(C(F)(F)F)cc(C(F)(F)F)c1)C1(c2ccc(Cl)c(Cl)c2)CCC(=O)NC1.[Cl-]. The molecule has 12 heteroatoms. The number of fused-ring (bicyclic) bond motifs is 3. The van der Waals surface area contributed by atoms with Crippen LogP contribution in [0.1, 0.15) is 73.3 Å². The highest BCUT2D eigenvalue weighted by molar-refractivity contribution is 6.42. The molecule has 3 nitrogen and oxygen atoms in total. The molecule has 0 saturated carbocycles. The number of carbonyl (C=O) groups excluding carboxylic acids is 1. The van der Waals surface area contributed by atoms with Crippen molar-refractivity contribution in [2.45, 2.75) is 80.6 Å². The minimum atomic E-state index is -4.98. The van der Waals surface area contributed by atoms with Gasteiger partial charge in [0.15, 0.2) is 0 Å². The average Bonchev–Trinajstić information content (AvgIpc) is 3.03. The number of hydrogen-bond donors (Lipinski definition) is 1. The quantitative estimate of drug-likeness (QED) is 0.218. The van der Waals surface area contributed by atoms with E-state index in [0.29, 0.717) is 47.0 Å². The number of nitrogens with zero attached hydrogens (tertiary/aromatic N) is 1. The maximum Gasteiger partial charge on any atom is 0.416 e. The highest BCUT2D eigenvalue weighted by Crippen LogP contribution is 2.63. The normalized spacial score (nSPS) is 28.9. The zero-order valence-electron chi connectivity index (χ0n) is 26.4. The number of rotatable bonds is 7. The molecule has 0 aliphatic carbocycles. The summed E-state index contributed by atoms with van der Waals surface area (Å²) in [6, 6.07) is 17.3. The van der Waals surface area contributed by atoms with Gasteiger partial charge in [-0.25, -0.2) is 0 Å². The van der Waals surface area contributed by atoms with Crippen LogP contribution in [0, 0.1) is 0 Å². The Morgan fingerprint density at radius 3 is 1.96 bits per heavy atom. The number of piperidine rings is 4. The van der Waals surface area contributed by atoms with Crippen LogP contribution >= 0.6 is 23.2 Å². The second-order valence-corrected chi connectivity index (χ2v) is 14.6. The minimum Gasteiger partial charge on any atom is -1.00 e. The molecule has 260 valence electrons. The van der Waals surface area contributed by atoms with E-state index in [1.54, 1.807) is 12.1 Å². The lowest BCUT2D eigenvalue weighted by atomic mass is 9.47. The zero-order chi connectivity index (χ0) is 33.9. The molecule has 3 aromatic carbocycles. The predicted molar refractivity (Wildman–Crippen MR) is 170 cm³/mol. The van der Waals surface area contributed by atoms with E-state index in [0.717, 1.165) is 42.5 Å². The van der Waals surface area contributed by atoms with Crippen molar-refractivity contribution >= 4 is 29.1 Å². The standard InChI is InChI=1S/C36H36Cl2F6N2O.ClH/c1-2-14-46-15-12-32(13-16-46,25-6-4-3-5-7-25)22-34(46,21-24-17-27(35(39,40)41)19-28(18-24)36(42,43)44)33(11-10-31(47)45-23-33)26-8-9-29(37)30(38)20-26;/h3-9,17-20H,2,10-16,21-23H2,1H3;1H. The molecule has 48 heavy (non-hydrogen) atoms. The molecule has 4 heterocycles. The van der Waals surface area contributed by atoms with E-state index < -0.39 is 34.4 Å². The van der Waals surface area contributed by atoms with E-state index in [4.69, 9.17) is 23.2 Å². The first-order chi connectivity index (χ1) is 22.1. The van der Waals surface area contributed by atoms with Gasteiger partial charge in [0.05, 0.1) is 46.2 Å². The summed E-state index contributed by atoms with van der Waals surface area (Å²) in [7, 11) is 0. The van der Waals surface area contributed by atoms with Crippen LogP contribution in [0.15, 0.2) is 66.7 Å². The van der Waals surface area contributed by atoms with Crippen molar-refractivity contribution < 1.29 is 48.0 Å². The average molecular weight is 734 g/mol. The molecule has 4 aliphatic heterocycles. The lowest BCUT2D eigenvalue weighted by molar-refractivity contribution is -0.997. The molecule has 0 spiro atoms. The molecule has 3 aromatic rings. The van der Waals surface area contributed by atoms with Gasteiger partial charge >= 0.3 is 12.4 Å². The third-order valence-corrected chi connectivity index (χ3v) is 12.2. The second kappa shape index (κ2) is 13.0. The monoisotopic (exact) mass is 732 g/mol. The van der Waals surface area contributed by atoms with Crippen LogP contribution in [-0.2, 0) is 34.4 Å². The summed E-state index contributed by atoms with van der Waals surface area (Å²) < 4.78 is 85.8. The van der Waals surface area contributed by atoms with Gasteiger partial charge in [-0.1, -0.05) is 66.5 Å². The number of hydrogen-bond acceptors (Lipinski definition) is 1. The van der Waals surface area contributed by atoms with Gasteiger partial charge in [0.2, 0.25) is 5.91 Å². The largest absolute Gasteiger partial charge is 1.00 e. The Bertz CT molecular complexity index is 1610. The van der Waals surface area contributed by atoms with E-state index in [-0.39, 0.29) is 54.7 Å². The Kier molecular flexibility index (Phi) is 9.98. The molecule has 7 rings (SSSR count). The van der Waals surface area contributed by atoms with E-state index in [1.807, 2.05) is 24.3 Å². The molecule has 2 unspecified atom stereocenters. The second-order valence-electron chi connectivity index (χ2n) is 13.7. The summed E-state index contributed by atoms with van der Waals surface area (Å²) in [6.07, 6.45) is -6.55. The molecule has 1 N–H and O–H groups in total. The maximum absolute atomic E-state index is 14.2. The van der Waals surface area contributed by atoms with Crippen LogP contribution < -0.4 is 17.7 Å². The number of benzene rings is 3. The van der Waals surface area contributed by atoms with Crippen molar-refractivity contribution in [3.63, 3.8) is 0 Å². The Labute approximate surface area is 293 Å². The minimum absolute atomic E-state index is 0. The van der Waals surface area contributed by atoms with Gasteiger partial charge in [-0.15, -0.1) is 0 Å². The van der Waals surface area contributed by atoms with Crippen molar-refractivity contribution in [2.24, 2.45) is 0 Å². The molecule has 4 fully saturated rings. The number of halogens is 9. The van der Waals surface area contributed by atoms with Crippen LogP contribution in [0.5, 0.6) is 0 Å². The molecule has 2 bridgehead atoms. The van der Waals surface area contributed by atoms with E-state index in [2.05, 4.69) is 24.4 Å². The number of carbonyl (C=O) groups is 1. The smallest absolute Gasteiger partial charge is 0.416 e. The molecule has 0 aromatic heterocycles. The summed E-state index contributed by atoms with van der Waals surface area (Å²) in [4.78, 5) is 12.8. The van der Waals surface area contributed by atoms with E-state index in [9.17, 15) is 31.1 Å². The Hall–Kier alpha value is -2.46. The predicted octanol–water partition coefficient (Wildman–Crippen LogP) is 6.53. The van der Waals surface area contributed by atoms with Crippen LogP contribution in [0.2, 0.25) is 10.0 Å². The first kappa shape index (κ1) is 36.8. The van der Waals surface area contributed by atoms with Gasteiger partial charge in [-0.05, 0) is 59.9 Å². The fraction of sp³-hybridized carbons (Fsp3) is 0.472. The lowest BCUT2D eigenvalue weighted by Crippen LogP contribution is -3.00. The van der Waals surface area contributed by atoms with Crippen molar-refractivity contribution in [1.82, 2.24) is 5.32 Å². The van der Waals surface area contributed by atoms with Crippen LogP contribution in [-0.4, -0.2) is 42.1 Å². The molecular formula is C36H37Cl3F6N2O. The van der Waals surface area contributed by atoms with Gasteiger partial charge in [-0.2, -0.15) is 26.3 Å². The van der Waals surface area contributed by atoms with E-state index >= 15 is 0 Å². The lowest BCUT2D eigenvalue weighted by Gasteiger charge is -2.71. The molecule has 4 saturated heterocycles. The number of quaternary nitrogens is 1. The van der Waals surface area contributed by atoms with Gasteiger partial charge in [0.1, 0.15) is 5.54 Å². The molecule has 0 radical (unpaired) electrons. The van der Waals surface area contributed by atoms with Gasteiger partial charge < -0.3 is 22.2 Å². The van der Waals surface area contributed by atoms with Crippen molar-refractivity contribution in [2.75, 3.05) is 26.2 Å². The molecule has 2 atom stereocenters. The van der Waals surface area contributed by atoms with Gasteiger partial charge in [0, 0.05) is 44.1 Å². The van der Waals surface area contributed by atoms with Gasteiger partial charge in [-0.3, -0.25) is 4.79 Å². The summed E-state index contributed by atoms with van der Waals surface area (Å²) in [5.41, 5.74) is -2.96. The Morgan fingerprint density at radius 1 is 0.812 bits per heavy atom. The summed E-state index contributed by atoms with van der Waals surface area (Å²) in [6.45, 7) is 4.32. The summed E-state index contributed by atoms with van der Waals surface area (Å²) in [5.74, 6) is -0.148. The highest BCUT2D eigenvalue weighted by atomic mass is 35.5. The highest BCUT2D eigenvalue weighted by Gasteiger charge is 2.71. The number of amides is 1. The molecule has 4 aliphatic rings. The van der Waals surface area contributed by atoms with Crippen LogP contribution in [0.4, 0.5) is 26.3 Å². The Balaban J connectivity index is 0.00000451. The summed E-state index contributed by atoms with van der Waals surface area (Å²) in [5, 5.41) is 3.70. The van der Waals surface area contributed by atoms with Crippen molar-refractivity contribution in [3.8, 4) is 0 Å². The third kappa shape index (κ3) is 6.11. The number of nitrogens with one attached hydrogen (secondary N) is 1. The molecule has 1 amide bonds. The first-order valence-corrected chi connectivity index (χ1v) is 16.8. The molecular weight excluding hydrogens is 697 g/mol. The van der Waals surface area contributed by atoms with Crippen LogP contribution in [0.3, 0.4) is 0 Å². The fourth-order valence-corrected chi connectivity index (χ4v) is 9.71. The fourth-order valence-electron chi connectivity index (χ4n) is 9.41. The van der Waals surface area contributed by atoms with Crippen molar-refractivity contribution in [3.05, 3.63) is 105 Å². The van der Waals surface area contributed by atoms with Crippen LogP contribution in [0.25, 0.3) is 0 Å². The Morgan fingerprint density at radius 2 is 1.44 bits per heavy atom. The third-order valence-electron chi connectivity index (χ3n) is 11.5. The maximum atomic E-state index is 14.2. The van der Waals surface area contributed by atoms with E-state index in [1.165, 1.54) is 0 Å². The number of alkyl halides is 6. The zero-order valence-corrected chi connectivity index (χ0v) is 28.7. The summed E-state index contributed by atoms with van der Waals surface area (Å²) >= 11 is 13.0. The van der Waals surface area contributed by atoms with Gasteiger partial charge in [0.25, 0.3) is 0 Å². The topological polar surface area (TPSA) is 29.1 Å². The first-order valence-electron chi connectivity index (χ1n) is 16.0. The van der Waals surface area contributed by atoms with Crippen molar-refractivity contribution in [1.29, 1.82) is 0 Å².